The summed E-state index contributed by atoms with van der Waals surface area (Å²) in [5, 5.41) is 22.9. The second-order valence-electron chi connectivity index (χ2n) is 16.8. The number of phenolic OH excluding ortho intramolecular Hbond substituents is 1. The molecular formula is C49H69N7O11. The van der Waals surface area contributed by atoms with E-state index < -0.39 is 60.2 Å². The average molecular weight is 932 g/mol. The lowest BCUT2D eigenvalue weighted by Crippen LogP contribution is -2.56. The van der Waals surface area contributed by atoms with Gasteiger partial charge in [0.05, 0.1) is 45.1 Å². The Hall–Kier alpha value is -6.08. The summed E-state index contributed by atoms with van der Waals surface area (Å²) in [4.78, 5) is 80.9. The summed E-state index contributed by atoms with van der Waals surface area (Å²) in [7, 11) is 0. The molecule has 4 atom stereocenters. The van der Waals surface area contributed by atoms with Crippen LogP contribution in [0.4, 0.5) is 0 Å². The first-order valence-electron chi connectivity index (χ1n) is 23.1. The molecule has 0 fully saturated rings. The van der Waals surface area contributed by atoms with E-state index in [1.807, 2.05) is 44.2 Å². The highest BCUT2D eigenvalue weighted by Crippen LogP contribution is 2.26. The summed E-state index contributed by atoms with van der Waals surface area (Å²) >= 11 is 0. The van der Waals surface area contributed by atoms with Crippen molar-refractivity contribution in [3.63, 3.8) is 0 Å². The molecule has 0 radical (unpaired) electrons. The molecule has 1 heterocycles. The van der Waals surface area contributed by atoms with E-state index in [9.17, 15) is 33.9 Å². The lowest BCUT2D eigenvalue weighted by Gasteiger charge is -2.23. The summed E-state index contributed by atoms with van der Waals surface area (Å²) < 4.78 is 23.1. The number of nitrogens with zero attached hydrogens (tertiary/aromatic N) is 1. The highest BCUT2D eigenvalue weighted by atomic mass is 16.6. The molecule has 67 heavy (non-hydrogen) atoms. The molecule has 1 aliphatic rings. The number of carbonyl (C=O) groups is 6. The van der Waals surface area contributed by atoms with Crippen molar-refractivity contribution in [2.75, 3.05) is 65.8 Å². The van der Waals surface area contributed by atoms with Crippen LogP contribution in [0, 0.1) is 5.92 Å². The zero-order valence-corrected chi connectivity index (χ0v) is 39.0. The Morgan fingerprint density at radius 3 is 1.88 bits per heavy atom. The molecule has 6 amide bonds. The first kappa shape index (κ1) is 53.5. The number of benzene rings is 3. The number of imide groups is 1. The van der Waals surface area contributed by atoms with E-state index in [-0.39, 0.29) is 30.4 Å². The van der Waals surface area contributed by atoms with Gasteiger partial charge in [0.15, 0.2) is 11.5 Å². The van der Waals surface area contributed by atoms with Gasteiger partial charge in [-0.2, -0.15) is 0 Å². The molecule has 3 aromatic rings. The maximum atomic E-state index is 13.7. The predicted molar refractivity (Wildman–Crippen MR) is 251 cm³/mol. The van der Waals surface area contributed by atoms with Crippen LogP contribution in [0.1, 0.15) is 64.0 Å². The number of nitrogens with one attached hydrogen (secondary N) is 5. The molecule has 8 N–H and O–H groups in total. The van der Waals surface area contributed by atoms with Gasteiger partial charge in [-0.3, -0.25) is 34.1 Å². The van der Waals surface area contributed by atoms with Crippen molar-refractivity contribution in [1.29, 1.82) is 0 Å². The molecule has 0 aromatic heterocycles. The van der Waals surface area contributed by atoms with Crippen molar-refractivity contribution >= 4 is 35.4 Å². The van der Waals surface area contributed by atoms with Gasteiger partial charge < -0.3 is 56.0 Å². The third-order valence-electron chi connectivity index (χ3n) is 10.7. The van der Waals surface area contributed by atoms with Gasteiger partial charge in [0, 0.05) is 25.9 Å². The molecule has 366 valence electrons. The van der Waals surface area contributed by atoms with Gasteiger partial charge in [0.2, 0.25) is 35.4 Å². The van der Waals surface area contributed by atoms with Crippen molar-refractivity contribution in [3.05, 3.63) is 90.0 Å². The van der Waals surface area contributed by atoms with Crippen molar-refractivity contribution in [1.82, 2.24) is 31.5 Å². The zero-order chi connectivity index (χ0) is 48.4. The number of ether oxygens (including phenoxy) is 4. The van der Waals surface area contributed by atoms with E-state index in [4.69, 9.17) is 24.7 Å². The SMILES string of the molecule is CC(C)C[C@H](NCCCCCC(=O)N1CCOCCOc2ccccc2OCCOCC1)C(=O)NC(=O)[C@H](Cc1ccccc1)NC(=O)CNC(=O)[C@@H](C)NC(=O)[C@@H](N)Cc1ccc(O)cc1. The number of unbranched alkanes of at least 4 members (excludes halogenated alkanes) is 2. The van der Waals surface area contributed by atoms with Crippen LogP contribution in [0.5, 0.6) is 17.2 Å². The molecule has 18 heteroatoms. The van der Waals surface area contributed by atoms with Gasteiger partial charge >= 0.3 is 0 Å². The smallest absolute Gasteiger partial charge is 0.249 e. The first-order chi connectivity index (χ1) is 32.3. The summed E-state index contributed by atoms with van der Waals surface area (Å²) in [6, 6.07) is 18.8. The minimum Gasteiger partial charge on any atom is -0.508 e. The lowest BCUT2D eigenvalue weighted by atomic mass is 10.0. The Morgan fingerprint density at radius 1 is 0.657 bits per heavy atom. The Morgan fingerprint density at radius 2 is 1.25 bits per heavy atom. The van der Waals surface area contributed by atoms with Crippen LogP contribution in [0.2, 0.25) is 0 Å². The van der Waals surface area contributed by atoms with Gasteiger partial charge in [-0.15, -0.1) is 0 Å². The summed E-state index contributed by atoms with van der Waals surface area (Å²) in [6.45, 7) is 8.35. The third-order valence-corrected chi connectivity index (χ3v) is 10.7. The molecule has 0 saturated heterocycles. The van der Waals surface area contributed by atoms with Crippen LogP contribution in [0.3, 0.4) is 0 Å². The predicted octanol–water partition coefficient (Wildman–Crippen LogP) is 2.15. The van der Waals surface area contributed by atoms with Crippen LogP contribution in [0.25, 0.3) is 0 Å². The number of rotatable bonds is 21. The lowest BCUT2D eigenvalue weighted by molar-refractivity contribution is -0.135. The van der Waals surface area contributed by atoms with Crippen LogP contribution in [0.15, 0.2) is 78.9 Å². The minimum atomic E-state index is -1.16. The van der Waals surface area contributed by atoms with Gasteiger partial charge in [0.1, 0.15) is 31.0 Å². The van der Waals surface area contributed by atoms with E-state index >= 15 is 0 Å². The third kappa shape index (κ3) is 20.5. The number of fused-ring (bicyclic) bond motifs is 1. The van der Waals surface area contributed by atoms with E-state index in [1.54, 1.807) is 41.3 Å². The molecule has 0 bridgehead atoms. The van der Waals surface area contributed by atoms with Crippen molar-refractivity contribution in [2.24, 2.45) is 11.7 Å². The molecule has 18 nitrogen and oxygen atoms in total. The van der Waals surface area contributed by atoms with Gasteiger partial charge in [-0.05, 0) is 80.5 Å². The second-order valence-corrected chi connectivity index (χ2v) is 16.8. The Kier molecular flexibility index (Phi) is 23.6. The molecular weight excluding hydrogens is 863 g/mol. The number of aromatic hydroxyl groups is 1. The van der Waals surface area contributed by atoms with Crippen LogP contribution in [-0.2, 0) is 51.1 Å². The largest absolute Gasteiger partial charge is 0.508 e. The number of carbonyl (C=O) groups excluding carboxylic acids is 6. The maximum Gasteiger partial charge on any atom is 0.249 e. The number of nitrogens with two attached hydrogens (primary N) is 1. The Bertz CT molecular complexity index is 1970. The molecule has 4 rings (SSSR count). The van der Waals surface area contributed by atoms with Crippen molar-refractivity contribution in [3.8, 4) is 17.2 Å². The van der Waals surface area contributed by atoms with Crippen LogP contribution in [-0.4, -0.2) is 135 Å². The average Bonchev–Trinajstić information content (AvgIpc) is 3.31. The zero-order valence-electron chi connectivity index (χ0n) is 39.0. The van der Waals surface area contributed by atoms with E-state index in [1.165, 1.54) is 19.1 Å². The highest BCUT2D eigenvalue weighted by molar-refractivity contribution is 6.01. The second kappa shape index (κ2) is 29.5. The monoisotopic (exact) mass is 932 g/mol. The summed E-state index contributed by atoms with van der Waals surface area (Å²) in [5.74, 6) is -1.68. The van der Waals surface area contributed by atoms with Gasteiger partial charge in [0.25, 0.3) is 0 Å². The first-order valence-corrected chi connectivity index (χ1v) is 23.1. The Labute approximate surface area is 393 Å². The van der Waals surface area contributed by atoms with E-state index in [0.29, 0.717) is 96.5 Å². The fraction of sp³-hybridized carbons (Fsp3) is 0.510. The molecule has 0 aliphatic carbocycles. The number of phenols is 1. The van der Waals surface area contributed by atoms with Gasteiger partial charge in [-0.25, -0.2) is 0 Å². The number of para-hydroxylation sites is 2. The molecule has 1 aliphatic heterocycles. The Balaban J connectivity index is 1.21. The standard InChI is InChI=1S/C49H69N7O11/c1-34(2)30-40(51-21-11-5-8-16-45(59)56-22-24-64-26-28-66-42-14-9-10-15-43(42)67-29-27-65-25-23-56)48(62)55-49(63)41(32-36-12-6-4-7-13-36)54-44(58)33-52-46(60)35(3)53-47(61)39(50)31-37-17-19-38(57)20-18-37/h4,6-7,9-10,12-15,17-20,34-35,39-41,51,57H,5,8,11,16,21-33,50H2,1-3H3,(H,52,60)(H,53,61)(H,54,58)(H,55,62,63)/t35-,39+,40+,41+/m1/s1. The number of hydrogen-bond acceptors (Lipinski definition) is 13. The number of hydrogen-bond donors (Lipinski definition) is 7. The summed E-state index contributed by atoms with van der Waals surface area (Å²) in [6.07, 6.45) is 3.09. The summed E-state index contributed by atoms with van der Waals surface area (Å²) in [5.41, 5.74) is 7.49. The molecule has 3 aromatic carbocycles. The highest BCUT2D eigenvalue weighted by Gasteiger charge is 2.28. The van der Waals surface area contributed by atoms with Crippen molar-refractivity contribution in [2.45, 2.75) is 89.9 Å². The fourth-order valence-electron chi connectivity index (χ4n) is 7.08. The van der Waals surface area contributed by atoms with E-state index in [2.05, 4.69) is 26.6 Å². The normalized spacial score (nSPS) is 15.4. The molecule has 0 spiro atoms. The molecule has 0 unspecified atom stereocenters. The molecule has 0 saturated carbocycles. The van der Waals surface area contributed by atoms with Crippen LogP contribution < -0.4 is 41.8 Å². The van der Waals surface area contributed by atoms with Crippen molar-refractivity contribution < 1.29 is 52.8 Å². The maximum absolute atomic E-state index is 13.7. The quantitative estimate of drug-likeness (QED) is 0.0758. The topological polar surface area (TPSA) is 249 Å². The van der Waals surface area contributed by atoms with E-state index in [0.717, 1.165) is 17.5 Å². The minimum absolute atomic E-state index is 0.00186. The number of amides is 6. The van der Waals surface area contributed by atoms with Gasteiger partial charge in [-0.1, -0.05) is 74.9 Å². The van der Waals surface area contributed by atoms with Crippen LogP contribution >= 0.6 is 0 Å². The fourth-order valence-corrected chi connectivity index (χ4v) is 7.08.